The van der Waals surface area contributed by atoms with Crippen molar-refractivity contribution < 1.29 is 9.84 Å². The van der Waals surface area contributed by atoms with Gasteiger partial charge in [0.1, 0.15) is 11.5 Å². The van der Waals surface area contributed by atoms with Crippen LogP contribution in [0.1, 0.15) is 31.4 Å². The first kappa shape index (κ1) is 10.9. The Hall–Kier alpha value is -1.18. The molecule has 0 amide bonds. The third-order valence-electron chi connectivity index (χ3n) is 2.23. The van der Waals surface area contributed by atoms with Gasteiger partial charge in [-0.25, -0.2) is 0 Å². The van der Waals surface area contributed by atoms with Gasteiger partial charge in [-0.15, -0.1) is 0 Å². The number of phenols is 1. The SMILES string of the molecule is CCCc1cc(O)c(C)c(OCC)c1. The molecule has 1 aromatic rings. The maximum atomic E-state index is 9.65. The number of benzene rings is 1. The smallest absolute Gasteiger partial charge is 0.126 e. The topological polar surface area (TPSA) is 29.5 Å². The molecule has 0 saturated heterocycles. The van der Waals surface area contributed by atoms with Crippen LogP contribution >= 0.6 is 0 Å². The maximum absolute atomic E-state index is 9.65. The van der Waals surface area contributed by atoms with Crippen molar-refractivity contribution in [3.05, 3.63) is 23.3 Å². The first-order chi connectivity index (χ1) is 6.69. The number of hydrogen-bond donors (Lipinski definition) is 1. The zero-order valence-corrected chi connectivity index (χ0v) is 9.13. The number of phenolic OH excluding ortho intramolecular Hbond substituents is 1. The highest BCUT2D eigenvalue weighted by Crippen LogP contribution is 2.29. The van der Waals surface area contributed by atoms with Gasteiger partial charge in [-0.1, -0.05) is 13.3 Å². The van der Waals surface area contributed by atoms with E-state index in [0.29, 0.717) is 12.4 Å². The zero-order valence-electron chi connectivity index (χ0n) is 9.13. The Kier molecular flexibility index (Phi) is 3.81. The molecule has 0 fully saturated rings. The van der Waals surface area contributed by atoms with Gasteiger partial charge in [-0.05, 0) is 38.0 Å². The van der Waals surface area contributed by atoms with Gasteiger partial charge in [-0.3, -0.25) is 0 Å². The van der Waals surface area contributed by atoms with Crippen molar-refractivity contribution in [2.24, 2.45) is 0 Å². The van der Waals surface area contributed by atoms with Crippen LogP contribution in [-0.2, 0) is 6.42 Å². The van der Waals surface area contributed by atoms with Crippen LogP contribution in [-0.4, -0.2) is 11.7 Å². The van der Waals surface area contributed by atoms with E-state index in [9.17, 15) is 5.11 Å². The van der Waals surface area contributed by atoms with Crippen molar-refractivity contribution in [1.82, 2.24) is 0 Å². The van der Waals surface area contributed by atoms with Gasteiger partial charge in [-0.2, -0.15) is 0 Å². The number of aromatic hydroxyl groups is 1. The van der Waals surface area contributed by atoms with E-state index in [0.717, 1.165) is 29.7 Å². The standard InChI is InChI=1S/C12H18O2/c1-4-6-10-7-11(13)9(3)12(8-10)14-5-2/h7-8,13H,4-6H2,1-3H3. The van der Waals surface area contributed by atoms with Gasteiger partial charge in [0, 0.05) is 5.56 Å². The first-order valence-electron chi connectivity index (χ1n) is 5.14. The minimum absolute atomic E-state index is 0.333. The Morgan fingerprint density at radius 2 is 2.00 bits per heavy atom. The van der Waals surface area contributed by atoms with E-state index in [1.54, 1.807) is 0 Å². The molecule has 0 saturated carbocycles. The summed E-state index contributed by atoms with van der Waals surface area (Å²) >= 11 is 0. The monoisotopic (exact) mass is 194 g/mol. The number of hydrogen-bond acceptors (Lipinski definition) is 2. The van der Waals surface area contributed by atoms with Crippen molar-refractivity contribution in [2.45, 2.75) is 33.6 Å². The molecule has 0 aliphatic carbocycles. The lowest BCUT2D eigenvalue weighted by atomic mass is 10.1. The molecule has 0 aliphatic heterocycles. The van der Waals surface area contributed by atoms with Crippen molar-refractivity contribution in [3.63, 3.8) is 0 Å². The molecule has 1 rings (SSSR count). The predicted molar refractivity (Wildman–Crippen MR) is 58.0 cm³/mol. The molecule has 0 aliphatic rings. The van der Waals surface area contributed by atoms with Crippen LogP contribution in [0.2, 0.25) is 0 Å². The van der Waals surface area contributed by atoms with Crippen LogP contribution < -0.4 is 4.74 Å². The second-order valence-electron chi connectivity index (χ2n) is 3.42. The Bertz CT molecular complexity index is 305. The molecule has 0 unspecified atom stereocenters. The van der Waals surface area contributed by atoms with E-state index >= 15 is 0 Å². The highest BCUT2D eigenvalue weighted by Gasteiger charge is 2.06. The Morgan fingerprint density at radius 3 is 2.57 bits per heavy atom. The average Bonchev–Trinajstić information content (AvgIpc) is 2.14. The van der Waals surface area contributed by atoms with Gasteiger partial charge >= 0.3 is 0 Å². The molecular formula is C12H18O2. The number of aryl methyl sites for hydroxylation is 1. The fraction of sp³-hybridized carbons (Fsp3) is 0.500. The van der Waals surface area contributed by atoms with E-state index in [1.807, 2.05) is 26.0 Å². The highest BCUT2D eigenvalue weighted by atomic mass is 16.5. The number of ether oxygens (including phenoxy) is 1. The third kappa shape index (κ3) is 2.41. The molecule has 0 radical (unpaired) electrons. The van der Waals surface area contributed by atoms with Crippen molar-refractivity contribution >= 4 is 0 Å². The summed E-state index contributed by atoms with van der Waals surface area (Å²) in [5.74, 6) is 1.13. The fourth-order valence-corrected chi connectivity index (χ4v) is 1.47. The Labute approximate surface area is 85.5 Å². The molecule has 2 heteroatoms. The van der Waals surface area contributed by atoms with Gasteiger partial charge in [0.2, 0.25) is 0 Å². The van der Waals surface area contributed by atoms with Crippen LogP contribution in [0.5, 0.6) is 11.5 Å². The summed E-state index contributed by atoms with van der Waals surface area (Å²) in [6.45, 7) is 6.58. The average molecular weight is 194 g/mol. The van der Waals surface area contributed by atoms with E-state index in [4.69, 9.17) is 4.74 Å². The van der Waals surface area contributed by atoms with E-state index < -0.39 is 0 Å². The summed E-state index contributed by atoms with van der Waals surface area (Å²) < 4.78 is 5.44. The molecule has 1 N–H and O–H groups in total. The normalized spacial score (nSPS) is 10.2. The summed E-state index contributed by atoms with van der Waals surface area (Å²) in [4.78, 5) is 0. The Balaban J connectivity index is 3.01. The molecule has 2 nitrogen and oxygen atoms in total. The molecule has 14 heavy (non-hydrogen) atoms. The van der Waals surface area contributed by atoms with Crippen LogP contribution in [0.4, 0.5) is 0 Å². The second kappa shape index (κ2) is 4.89. The minimum Gasteiger partial charge on any atom is -0.508 e. The fourth-order valence-electron chi connectivity index (χ4n) is 1.47. The van der Waals surface area contributed by atoms with Gasteiger partial charge in [0.25, 0.3) is 0 Å². The Morgan fingerprint density at radius 1 is 1.29 bits per heavy atom. The highest BCUT2D eigenvalue weighted by molar-refractivity contribution is 5.46. The van der Waals surface area contributed by atoms with Gasteiger partial charge in [0.05, 0.1) is 6.61 Å². The van der Waals surface area contributed by atoms with E-state index in [2.05, 4.69) is 6.92 Å². The lowest BCUT2D eigenvalue weighted by molar-refractivity contribution is 0.334. The summed E-state index contributed by atoms with van der Waals surface area (Å²) in [5, 5.41) is 9.65. The van der Waals surface area contributed by atoms with Crippen LogP contribution in [0.15, 0.2) is 12.1 Å². The summed E-state index contributed by atoms with van der Waals surface area (Å²) in [6.07, 6.45) is 2.06. The molecule has 0 spiro atoms. The van der Waals surface area contributed by atoms with Crippen LogP contribution in [0.25, 0.3) is 0 Å². The van der Waals surface area contributed by atoms with Crippen LogP contribution in [0, 0.1) is 6.92 Å². The lowest BCUT2D eigenvalue weighted by Gasteiger charge is -2.10. The quantitative estimate of drug-likeness (QED) is 0.798. The molecule has 0 atom stereocenters. The maximum Gasteiger partial charge on any atom is 0.126 e. The van der Waals surface area contributed by atoms with Gasteiger partial charge in [0.15, 0.2) is 0 Å². The predicted octanol–water partition coefficient (Wildman–Crippen LogP) is 3.05. The molecule has 78 valence electrons. The zero-order chi connectivity index (χ0) is 10.6. The van der Waals surface area contributed by atoms with Crippen molar-refractivity contribution in [1.29, 1.82) is 0 Å². The molecular weight excluding hydrogens is 176 g/mol. The molecule has 0 aromatic heterocycles. The molecule has 1 aromatic carbocycles. The second-order valence-corrected chi connectivity index (χ2v) is 3.42. The van der Waals surface area contributed by atoms with E-state index in [-0.39, 0.29) is 0 Å². The summed E-state index contributed by atoms with van der Waals surface area (Å²) in [6, 6.07) is 3.84. The molecule has 0 heterocycles. The van der Waals surface area contributed by atoms with Gasteiger partial charge < -0.3 is 9.84 Å². The van der Waals surface area contributed by atoms with Crippen molar-refractivity contribution in [2.75, 3.05) is 6.61 Å². The minimum atomic E-state index is 0.333. The third-order valence-corrected chi connectivity index (χ3v) is 2.23. The summed E-state index contributed by atoms with van der Waals surface area (Å²) in [5.41, 5.74) is 1.96. The van der Waals surface area contributed by atoms with Crippen molar-refractivity contribution in [3.8, 4) is 11.5 Å². The number of rotatable bonds is 4. The van der Waals surface area contributed by atoms with Crippen LogP contribution in [0.3, 0.4) is 0 Å². The van der Waals surface area contributed by atoms with E-state index in [1.165, 1.54) is 0 Å². The first-order valence-corrected chi connectivity index (χ1v) is 5.14. The largest absolute Gasteiger partial charge is 0.508 e. The lowest BCUT2D eigenvalue weighted by Crippen LogP contribution is -1.96. The summed E-state index contributed by atoms with van der Waals surface area (Å²) in [7, 11) is 0. The molecule has 0 bridgehead atoms.